The molecule has 0 aliphatic rings. The Hall–Kier alpha value is -0.770. The lowest BCUT2D eigenvalue weighted by Crippen LogP contribution is -2.09. The molecule has 4 heteroatoms. The fraction of sp³-hybridized carbons (Fsp3) is 0.0714. The highest BCUT2D eigenvalue weighted by molar-refractivity contribution is 9.11. The molecule has 0 radical (unpaired) electrons. The molecule has 2 aromatic rings. The Labute approximate surface area is 124 Å². The average Bonchev–Trinajstić information content (AvgIpc) is 2.41. The maximum Gasteiger partial charge on any atom is 0.186 e. The summed E-state index contributed by atoms with van der Waals surface area (Å²) in [6.45, 7) is 0. The first-order valence-electron chi connectivity index (χ1n) is 5.32. The van der Waals surface area contributed by atoms with E-state index in [0.717, 1.165) is 4.90 Å². The molecule has 0 saturated carbocycles. The van der Waals surface area contributed by atoms with Crippen LogP contribution in [-0.4, -0.2) is 9.94 Å². The van der Waals surface area contributed by atoms with Crippen LogP contribution < -0.4 is 0 Å². The number of alkyl halides is 1. The third kappa shape index (κ3) is 3.61. The quantitative estimate of drug-likeness (QED) is 0.440. The van der Waals surface area contributed by atoms with Crippen LogP contribution in [0.25, 0.3) is 0 Å². The van der Waals surface area contributed by atoms with Crippen LogP contribution in [0.2, 0.25) is 5.02 Å². The van der Waals surface area contributed by atoms with Crippen molar-refractivity contribution in [2.45, 2.75) is 9.05 Å². The number of ketones is 1. The van der Waals surface area contributed by atoms with Crippen LogP contribution in [0, 0.1) is 0 Å². The van der Waals surface area contributed by atoms with E-state index in [1.165, 1.54) is 11.8 Å². The number of hydrogen-bond acceptors (Lipinski definition) is 2. The van der Waals surface area contributed by atoms with Gasteiger partial charge in [0.1, 0.15) is 4.16 Å². The van der Waals surface area contributed by atoms with Crippen LogP contribution >= 0.6 is 39.3 Å². The molecule has 92 valence electrons. The fourth-order valence-corrected chi connectivity index (χ4v) is 3.23. The van der Waals surface area contributed by atoms with Gasteiger partial charge in [-0.25, -0.2) is 0 Å². The van der Waals surface area contributed by atoms with Gasteiger partial charge in [-0.1, -0.05) is 57.9 Å². The molecular weight excluding hydrogens is 332 g/mol. The summed E-state index contributed by atoms with van der Waals surface area (Å²) in [5.74, 6) is 0.0653. The van der Waals surface area contributed by atoms with Gasteiger partial charge >= 0.3 is 0 Å². The van der Waals surface area contributed by atoms with E-state index in [4.69, 9.17) is 11.6 Å². The minimum absolute atomic E-state index is 0.0653. The second kappa shape index (κ2) is 6.41. The molecule has 0 spiro atoms. The Bertz CT molecular complexity index is 527. The largest absolute Gasteiger partial charge is 0.292 e. The summed E-state index contributed by atoms with van der Waals surface area (Å²) in [7, 11) is 0. The summed E-state index contributed by atoms with van der Waals surface area (Å²) in [5, 5.41) is 0.694. The summed E-state index contributed by atoms with van der Waals surface area (Å²) in [6.07, 6.45) is 0. The summed E-state index contributed by atoms with van der Waals surface area (Å²) in [4.78, 5) is 13.1. The van der Waals surface area contributed by atoms with E-state index in [1.54, 1.807) is 0 Å². The lowest BCUT2D eigenvalue weighted by Gasteiger charge is -2.08. The first-order chi connectivity index (χ1) is 8.66. The molecule has 0 bridgehead atoms. The highest BCUT2D eigenvalue weighted by Gasteiger charge is 2.17. The minimum Gasteiger partial charge on any atom is -0.292 e. The molecule has 0 fully saturated rings. The van der Waals surface area contributed by atoms with Crippen molar-refractivity contribution in [3.63, 3.8) is 0 Å². The average molecular weight is 342 g/mol. The van der Waals surface area contributed by atoms with Gasteiger partial charge < -0.3 is 0 Å². The molecule has 1 atom stereocenters. The number of benzene rings is 2. The molecular formula is C14H10BrClOS. The third-order valence-electron chi connectivity index (χ3n) is 2.32. The van der Waals surface area contributed by atoms with Crippen LogP contribution in [0.15, 0.2) is 59.5 Å². The van der Waals surface area contributed by atoms with E-state index in [2.05, 4.69) is 15.9 Å². The molecule has 0 N–H and O–H groups in total. The predicted molar refractivity (Wildman–Crippen MR) is 80.8 cm³/mol. The van der Waals surface area contributed by atoms with Crippen molar-refractivity contribution in [3.8, 4) is 0 Å². The van der Waals surface area contributed by atoms with Gasteiger partial charge in [-0.3, -0.25) is 4.79 Å². The maximum absolute atomic E-state index is 12.1. The van der Waals surface area contributed by atoms with Crippen LogP contribution in [0.1, 0.15) is 10.4 Å². The molecule has 18 heavy (non-hydrogen) atoms. The van der Waals surface area contributed by atoms with Crippen molar-refractivity contribution in [2.75, 3.05) is 0 Å². The molecule has 0 aliphatic heterocycles. The molecule has 2 aromatic carbocycles. The SMILES string of the molecule is O=C(c1ccccc1)[C@H](Br)Sc1ccc(Cl)cc1. The topological polar surface area (TPSA) is 17.1 Å². The van der Waals surface area contributed by atoms with E-state index < -0.39 is 0 Å². The zero-order chi connectivity index (χ0) is 13.0. The molecule has 1 nitrogen and oxygen atoms in total. The maximum atomic E-state index is 12.1. The van der Waals surface area contributed by atoms with Gasteiger partial charge in [0.05, 0.1) is 0 Å². The van der Waals surface area contributed by atoms with Crippen molar-refractivity contribution in [1.29, 1.82) is 0 Å². The van der Waals surface area contributed by atoms with Gasteiger partial charge in [0, 0.05) is 15.5 Å². The van der Waals surface area contributed by atoms with Crippen molar-refractivity contribution >= 4 is 45.1 Å². The Morgan fingerprint density at radius 1 is 1.06 bits per heavy atom. The lowest BCUT2D eigenvalue weighted by atomic mass is 10.2. The second-order valence-electron chi connectivity index (χ2n) is 3.62. The predicted octanol–water partition coefficient (Wildman–Crippen LogP) is 5.04. The second-order valence-corrected chi connectivity index (χ2v) is 6.75. The van der Waals surface area contributed by atoms with Gasteiger partial charge in [-0.2, -0.15) is 0 Å². The van der Waals surface area contributed by atoms with E-state index in [-0.39, 0.29) is 9.94 Å². The zero-order valence-corrected chi connectivity index (χ0v) is 12.5. The number of rotatable bonds is 4. The van der Waals surface area contributed by atoms with E-state index in [0.29, 0.717) is 10.6 Å². The monoisotopic (exact) mass is 340 g/mol. The third-order valence-corrected chi connectivity index (χ3v) is 4.51. The summed E-state index contributed by atoms with van der Waals surface area (Å²) >= 11 is 10.7. The highest BCUT2D eigenvalue weighted by atomic mass is 79.9. The molecule has 0 heterocycles. The van der Waals surface area contributed by atoms with Gasteiger partial charge in [0.2, 0.25) is 0 Å². The summed E-state index contributed by atoms with van der Waals surface area (Å²) in [6, 6.07) is 16.7. The molecule has 0 saturated heterocycles. The molecule has 0 aromatic heterocycles. The Morgan fingerprint density at radius 3 is 2.28 bits per heavy atom. The number of halogens is 2. The molecule has 0 aliphatic carbocycles. The Morgan fingerprint density at radius 2 is 1.67 bits per heavy atom. The zero-order valence-electron chi connectivity index (χ0n) is 9.35. The standard InChI is InChI=1S/C14H10BrClOS/c15-14(13(17)10-4-2-1-3-5-10)18-12-8-6-11(16)7-9-12/h1-9,14H/t14-/m1/s1. The van der Waals surface area contributed by atoms with Crippen molar-refractivity contribution in [3.05, 3.63) is 65.2 Å². The van der Waals surface area contributed by atoms with Crippen molar-refractivity contribution < 1.29 is 4.79 Å². The normalized spacial score (nSPS) is 12.1. The number of hydrogen-bond donors (Lipinski definition) is 0. The van der Waals surface area contributed by atoms with Crippen LogP contribution in [-0.2, 0) is 0 Å². The van der Waals surface area contributed by atoms with Gasteiger partial charge in [-0.05, 0) is 24.3 Å². The van der Waals surface area contributed by atoms with Crippen molar-refractivity contribution in [1.82, 2.24) is 0 Å². The fourth-order valence-electron chi connectivity index (χ4n) is 1.42. The number of thioether (sulfide) groups is 1. The number of Topliss-reactive ketones (excluding diaryl/α,β-unsaturated/α-hetero) is 1. The van der Waals surface area contributed by atoms with E-state index >= 15 is 0 Å². The number of carbonyl (C=O) groups excluding carboxylic acids is 1. The van der Waals surface area contributed by atoms with Crippen LogP contribution in [0.5, 0.6) is 0 Å². The van der Waals surface area contributed by atoms with Gasteiger partial charge in [0.15, 0.2) is 5.78 Å². The smallest absolute Gasteiger partial charge is 0.186 e. The molecule has 2 rings (SSSR count). The van der Waals surface area contributed by atoms with Crippen LogP contribution in [0.3, 0.4) is 0 Å². The van der Waals surface area contributed by atoms with E-state index in [1.807, 2.05) is 54.6 Å². The van der Waals surface area contributed by atoms with Crippen molar-refractivity contribution in [2.24, 2.45) is 0 Å². The first kappa shape index (κ1) is 13.7. The molecule has 0 amide bonds. The first-order valence-corrected chi connectivity index (χ1v) is 7.50. The summed E-state index contributed by atoms with van der Waals surface area (Å²) < 4.78 is -0.291. The molecule has 0 unspecified atom stereocenters. The Balaban J connectivity index is 2.06. The van der Waals surface area contributed by atoms with E-state index in [9.17, 15) is 4.79 Å². The lowest BCUT2D eigenvalue weighted by molar-refractivity contribution is 0.101. The Kier molecular flexibility index (Phi) is 4.87. The van der Waals surface area contributed by atoms with Crippen LogP contribution in [0.4, 0.5) is 0 Å². The van der Waals surface area contributed by atoms with Gasteiger partial charge in [-0.15, -0.1) is 11.8 Å². The minimum atomic E-state index is -0.291. The number of carbonyl (C=O) groups is 1. The summed E-state index contributed by atoms with van der Waals surface area (Å²) in [5.41, 5.74) is 0.709. The highest BCUT2D eigenvalue weighted by Crippen LogP contribution is 2.30. The van der Waals surface area contributed by atoms with Gasteiger partial charge in [0.25, 0.3) is 0 Å².